The Hall–Kier alpha value is -3.34. The molecule has 0 N–H and O–H groups in total. The molecule has 0 saturated carbocycles. The quantitative estimate of drug-likeness (QED) is 0.291. The summed E-state index contributed by atoms with van der Waals surface area (Å²) in [6.07, 6.45) is 0. The SMILES string of the molecule is Clc1nc(-c2ccccc2)nc(-c2cc3ccccc3c3c2sc2ccccc23)n1. The van der Waals surface area contributed by atoms with Gasteiger partial charge in [0.25, 0.3) is 0 Å². The molecule has 0 spiro atoms. The van der Waals surface area contributed by atoms with E-state index < -0.39 is 0 Å². The highest BCUT2D eigenvalue weighted by molar-refractivity contribution is 7.26. The second kappa shape index (κ2) is 6.87. The van der Waals surface area contributed by atoms with Crippen LogP contribution in [0, 0.1) is 0 Å². The van der Waals surface area contributed by atoms with Crippen LogP contribution in [-0.4, -0.2) is 15.0 Å². The second-order valence-corrected chi connectivity index (χ2v) is 8.46. The van der Waals surface area contributed by atoms with Crippen LogP contribution < -0.4 is 0 Å². The minimum atomic E-state index is 0.196. The van der Waals surface area contributed by atoms with Gasteiger partial charge < -0.3 is 0 Å². The number of benzene rings is 4. The number of hydrogen-bond donors (Lipinski definition) is 0. The minimum Gasteiger partial charge on any atom is -0.208 e. The van der Waals surface area contributed by atoms with Crippen LogP contribution >= 0.6 is 22.9 Å². The number of fused-ring (bicyclic) bond motifs is 5. The summed E-state index contributed by atoms with van der Waals surface area (Å²) in [5.41, 5.74) is 1.89. The first-order valence-electron chi connectivity index (χ1n) is 9.58. The van der Waals surface area contributed by atoms with Crippen molar-refractivity contribution in [1.82, 2.24) is 15.0 Å². The van der Waals surface area contributed by atoms with Crippen molar-refractivity contribution >= 4 is 53.9 Å². The van der Waals surface area contributed by atoms with Gasteiger partial charge in [-0.25, -0.2) is 4.98 Å². The number of rotatable bonds is 2. The summed E-state index contributed by atoms with van der Waals surface area (Å²) in [4.78, 5) is 13.7. The zero-order chi connectivity index (χ0) is 20.1. The molecule has 6 aromatic rings. The molecular weight excluding hydrogens is 410 g/mol. The number of halogens is 1. The van der Waals surface area contributed by atoms with Crippen LogP contribution in [0.5, 0.6) is 0 Å². The highest BCUT2D eigenvalue weighted by Gasteiger charge is 2.17. The molecule has 0 bridgehead atoms. The van der Waals surface area contributed by atoms with Crippen molar-refractivity contribution in [3.63, 3.8) is 0 Å². The fraction of sp³-hybridized carbons (Fsp3) is 0. The van der Waals surface area contributed by atoms with Crippen LogP contribution in [0.4, 0.5) is 0 Å². The molecule has 3 nitrogen and oxygen atoms in total. The fourth-order valence-corrected chi connectivity index (χ4v) is 5.32. The number of nitrogens with zero attached hydrogens (tertiary/aromatic N) is 3. The summed E-state index contributed by atoms with van der Waals surface area (Å²) in [7, 11) is 0. The summed E-state index contributed by atoms with van der Waals surface area (Å²) in [6, 6.07) is 29.0. The number of hydrogen-bond acceptors (Lipinski definition) is 4. The Morgan fingerprint density at radius 2 is 1.37 bits per heavy atom. The van der Waals surface area contributed by atoms with Gasteiger partial charge in [0.1, 0.15) is 0 Å². The Morgan fingerprint density at radius 3 is 2.23 bits per heavy atom. The van der Waals surface area contributed by atoms with E-state index >= 15 is 0 Å². The molecule has 0 atom stereocenters. The lowest BCUT2D eigenvalue weighted by Crippen LogP contribution is -1.97. The van der Waals surface area contributed by atoms with Crippen molar-refractivity contribution < 1.29 is 0 Å². The van der Waals surface area contributed by atoms with E-state index in [2.05, 4.69) is 64.6 Å². The van der Waals surface area contributed by atoms with E-state index in [1.165, 1.54) is 20.9 Å². The normalized spacial score (nSPS) is 11.5. The molecule has 142 valence electrons. The maximum atomic E-state index is 6.34. The Kier molecular flexibility index (Phi) is 4.01. The van der Waals surface area contributed by atoms with Gasteiger partial charge in [-0.2, -0.15) is 9.97 Å². The molecule has 0 saturated heterocycles. The topological polar surface area (TPSA) is 38.7 Å². The summed E-state index contributed by atoms with van der Waals surface area (Å²) < 4.78 is 2.41. The lowest BCUT2D eigenvalue weighted by atomic mass is 10.00. The van der Waals surface area contributed by atoms with E-state index in [0.717, 1.165) is 21.2 Å². The van der Waals surface area contributed by atoms with E-state index in [4.69, 9.17) is 16.6 Å². The Bertz CT molecular complexity index is 1560. The Balaban J connectivity index is 1.72. The van der Waals surface area contributed by atoms with Crippen LogP contribution in [-0.2, 0) is 0 Å². The van der Waals surface area contributed by atoms with Gasteiger partial charge in [-0.15, -0.1) is 11.3 Å². The van der Waals surface area contributed by atoms with Crippen LogP contribution in [0.3, 0.4) is 0 Å². The van der Waals surface area contributed by atoms with Gasteiger partial charge in [0, 0.05) is 31.3 Å². The van der Waals surface area contributed by atoms with Crippen LogP contribution in [0.1, 0.15) is 0 Å². The van der Waals surface area contributed by atoms with Crippen molar-refractivity contribution in [2.75, 3.05) is 0 Å². The highest BCUT2D eigenvalue weighted by atomic mass is 35.5. The van der Waals surface area contributed by atoms with Crippen molar-refractivity contribution in [3.05, 3.63) is 90.2 Å². The summed E-state index contributed by atoms with van der Waals surface area (Å²) >= 11 is 8.10. The van der Waals surface area contributed by atoms with E-state index in [1.54, 1.807) is 11.3 Å². The molecule has 0 aliphatic carbocycles. The third-order valence-corrected chi connectivity index (χ3v) is 6.62. The van der Waals surface area contributed by atoms with Crippen molar-refractivity contribution in [1.29, 1.82) is 0 Å². The third kappa shape index (κ3) is 2.76. The monoisotopic (exact) mass is 423 g/mol. The van der Waals surface area contributed by atoms with Gasteiger partial charge in [0.05, 0.1) is 0 Å². The molecule has 6 rings (SSSR count). The molecule has 0 unspecified atom stereocenters. The zero-order valence-electron chi connectivity index (χ0n) is 15.7. The molecule has 4 aromatic carbocycles. The summed E-state index contributed by atoms with van der Waals surface area (Å²) in [5.74, 6) is 1.17. The molecule has 2 aromatic heterocycles. The lowest BCUT2D eigenvalue weighted by Gasteiger charge is -2.08. The van der Waals surface area contributed by atoms with Crippen molar-refractivity contribution in [3.8, 4) is 22.8 Å². The minimum absolute atomic E-state index is 0.196. The average molecular weight is 424 g/mol. The molecule has 30 heavy (non-hydrogen) atoms. The van der Waals surface area contributed by atoms with E-state index in [0.29, 0.717) is 11.6 Å². The van der Waals surface area contributed by atoms with Crippen molar-refractivity contribution in [2.24, 2.45) is 0 Å². The van der Waals surface area contributed by atoms with Gasteiger partial charge in [-0.05, 0) is 34.5 Å². The first kappa shape index (κ1) is 17.5. The summed E-state index contributed by atoms with van der Waals surface area (Å²) in [5, 5.41) is 5.07. The third-order valence-electron chi connectivity index (χ3n) is 5.25. The number of aromatic nitrogens is 3. The summed E-state index contributed by atoms with van der Waals surface area (Å²) in [6.45, 7) is 0. The van der Waals surface area contributed by atoms with Crippen molar-refractivity contribution in [2.45, 2.75) is 0 Å². The predicted octanol–water partition coefficient (Wildman–Crippen LogP) is 7.38. The molecule has 2 heterocycles. The predicted molar refractivity (Wildman–Crippen MR) is 126 cm³/mol. The molecule has 0 aliphatic rings. The van der Waals surface area contributed by atoms with Gasteiger partial charge >= 0.3 is 0 Å². The molecule has 0 amide bonds. The lowest BCUT2D eigenvalue weighted by molar-refractivity contribution is 1.07. The maximum Gasteiger partial charge on any atom is 0.226 e. The largest absolute Gasteiger partial charge is 0.226 e. The average Bonchev–Trinajstić information content (AvgIpc) is 3.18. The van der Waals surface area contributed by atoms with E-state index in [1.807, 2.05) is 30.3 Å². The van der Waals surface area contributed by atoms with Gasteiger partial charge in [0.2, 0.25) is 5.28 Å². The van der Waals surface area contributed by atoms with E-state index in [9.17, 15) is 0 Å². The van der Waals surface area contributed by atoms with E-state index in [-0.39, 0.29) is 5.28 Å². The maximum absolute atomic E-state index is 6.34. The fourth-order valence-electron chi connectivity index (χ4n) is 3.93. The standard InChI is InChI=1S/C25H14ClN3S/c26-25-28-23(15-8-2-1-3-9-15)27-24(29-25)19-14-16-10-4-5-11-17(16)21-18-12-6-7-13-20(18)30-22(19)21/h1-14H. The van der Waals surface area contributed by atoms with Crippen LogP contribution in [0.25, 0.3) is 53.7 Å². The first-order chi connectivity index (χ1) is 14.8. The number of thiophene rings is 1. The smallest absolute Gasteiger partial charge is 0.208 e. The Morgan fingerprint density at radius 1 is 0.667 bits per heavy atom. The molecule has 0 fully saturated rings. The molecule has 0 radical (unpaired) electrons. The molecular formula is C25H14ClN3S. The van der Waals surface area contributed by atoms with Gasteiger partial charge in [0.15, 0.2) is 11.6 Å². The van der Waals surface area contributed by atoms with Crippen LogP contribution in [0.2, 0.25) is 5.28 Å². The Labute approximate surface area is 181 Å². The second-order valence-electron chi connectivity index (χ2n) is 7.07. The molecule has 0 aliphatic heterocycles. The first-order valence-corrected chi connectivity index (χ1v) is 10.8. The van der Waals surface area contributed by atoms with Gasteiger partial charge in [-0.3, -0.25) is 0 Å². The van der Waals surface area contributed by atoms with Gasteiger partial charge in [-0.1, -0.05) is 72.8 Å². The molecule has 5 heteroatoms. The highest BCUT2D eigenvalue weighted by Crippen LogP contribution is 2.43. The van der Waals surface area contributed by atoms with Crippen LogP contribution in [0.15, 0.2) is 84.9 Å². The zero-order valence-corrected chi connectivity index (χ0v) is 17.3.